The maximum Gasteiger partial charge on any atom is 0.254 e. The fourth-order valence-electron chi connectivity index (χ4n) is 4.89. The van der Waals surface area contributed by atoms with Crippen molar-refractivity contribution >= 4 is 40.1 Å². The van der Waals surface area contributed by atoms with E-state index in [4.69, 9.17) is 4.98 Å². The van der Waals surface area contributed by atoms with Gasteiger partial charge in [0.1, 0.15) is 6.54 Å². The molecule has 5 rings (SSSR count). The summed E-state index contributed by atoms with van der Waals surface area (Å²) in [6, 6.07) is 18.2. The van der Waals surface area contributed by atoms with E-state index in [1.165, 1.54) is 4.90 Å². The first-order valence-electron chi connectivity index (χ1n) is 12.1. The van der Waals surface area contributed by atoms with Crippen LogP contribution < -0.4 is 10.2 Å². The molecule has 188 valence electrons. The molecule has 2 aromatic carbocycles. The zero-order chi connectivity index (χ0) is 26.3. The summed E-state index contributed by atoms with van der Waals surface area (Å²) in [6.07, 6.45) is 0.165. The van der Waals surface area contributed by atoms with Crippen LogP contribution in [-0.2, 0) is 16.6 Å². The highest BCUT2D eigenvalue weighted by Gasteiger charge is 2.31. The van der Waals surface area contributed by atoms with Crippen LogP contribution in [0.15, 0.2) is 60.7 Å². The predicted molar refractivity (Wildman–Crippen MR) is 142 cm³/mol. The number of likely N-dealkylation sites (N-methyl/N-ethyl adjacent to an activating group) is 1. The Morgan fingerprint density at radius 3 is 2.57 bits per heavy atom. The standard InChI is InChI=1S/C28H28N6O3/c1-17-14-24(35)29-21-12-8-9-13-23(21)34(17)25(36)16-32(3)28(37)20-15-22(19-10-6-5-7-11-19)30-27-26(20)18(2)31-33(27)4/h5-13,15,17H,14,16H2,1-4H3,(H,29,35)/t17-/m0/s1. The van der Waals surface area contributed by atoms with Gasteiger partial charge in [0, 0.05) is 32.1 Å². The Hall–Kier alpha value is -4.53. The molecular weight excluding hydrogens is 468 g/mol. The predicted octanol–water partition coefficient (Wildman–Crippen LogP) is 3.78. The van der Waals surface area contributed by atoms with Crippen molar-refractivity contribution in [3.8, 4) is 11.3 Å². The first kappa shape index (κ1) is 24.2. The summed E-state index contributed by atoms with van der Waals surface area (Å²) >= 11 is 0. The van der Waals surface area contributed by atoms with E-state index >= 15 is 0 Å². The lowest BCUT2D eigenvalue weighted by Crippen LogP contribution is -2.45. The van der Waals surface area contributed by atoms with Crippen LogP contribution in [0.5, 0.6) is 0 Å². The van der Waals surface area contributed by atoms with Crippen LogP contribution >= 0.6 is 0 Å². The van der Waals surface area contributed by atoms with E-state index in [0.29, 0.717) is 39.4 Å². The number of amides is 3. The summed E-state index contributed by atoms with van der Waals surface area (Å²) in [4.78, 5) is 47.5. The third kappa shape index (κ3) is 4.44. The van der Waals surface area contributed by atoms with Gasteiger partial charge in [-0.15, -0.1) is 0 Å². The van der Waals surface area contributed by atoms with Crippen LogP contribution in [0.4, 0.5) is 11.4 Å². The monoisotopic (exact) mass is 496 g/mol. The van der Waals surface area contributed by atoms with E-state index in [-0.39, 0.29) is 36.7 Å². The average Bonchev–Trinajstić information content (AvgIpc) is 3.09. The van der Waals surface area contributed by atoms with Gasteiger partial charge in [-0.2, -0.15) is 5.10 Å². The third-order valence-electron chi connectivity index (χ3n) is 6.62. The summed E-state index contributed by atoms with van der Waals surface area (Å²) in [5.74, 6) is -0.734. The molecule has 1 N–H and O–H groups in total. The van der Waals surface area contributed by atoms with Gasteiger partial charge in [-0.05, 0) is 32.0 Å². The summed E-state index contributed by atoms with van der Waals surface area (Å²) in [5, 5.41) is 8.01. The molecule has 1 aliphatic heterocycles. The summed E-state index contributed by atoms with van der Waals surface area (Å²) in [7, 11) is 3.41. The topological polar surface area (TPSA) is 100 Å². The largest absolute Gasteiger partial charge is 0.332 e. The Morgan fingerprint density at radius 1 is 1.11 bits per heavy atom. The van der Waals surface area contributed by atoms with Crippen molar-refractivity contribution in [1.82, 2.24) is 19.7 Å². The molecule has 0 aliphatic carbocycles. The molecule has 0 unspecified atom stereocenters. The molecule has 3 amide bonds. The van der Waals surface area contributed by atoms with Gasteiger partial charge in [0.05, 0.1) is 33.7 Å². The number of pyridine rings is 1. The number of nitrogens with one attached hydrogen (secondary N) is 1. The minimum Gasteiger partial charge on any atom is -0.332 e. The van der Waals surface area contributed by atoms with Crippen LogP contribution in [0.1, 0.15) is 29.4 Å². The number of benzene rings is 2. The number of para-hydroxylation sites is 2. The number of rotatable bonds is 4. The van der Waals surface area contributed by atoms with Gasteiger partial charge in [0.15, 0.2) is 5.65 Å². The number of hydrogen-bond acceptors (Lipinski definition) is 5. The van der Waals surface area contributed by atoms with Crippen molar-refractivity contribution in [2.75, 3.05) is 23.8 Å². The second-order valence-corrected chi connectivity index (χ2v) is 9.37. The van der Waals surface area contributed by atoms with Crippen molar-refractivity contribution < 1.29 is 14.4 Å². The Balaban J connectivity index is 1.49. The SMILES string of the molecule is Cc1nn(C)c2nc(-c3ccccc3)cc(C(=O)N(C)CC(=O)N3c4ccccc4NC(=O)C[C@@H]3C)c12. The summed E-state index contributed by atoms with van der Waals surface area (Å²) in [5.41, 5.74) is 4.45. The van der Waals surface area contributed by atoms with E-state index in [1.54, 1.807) is 41.9 Å². The van der Waals surface area contributed by atoms with Gasteiger partial charge in [0.2, 0.25) is 11.8 Å². The Labute approximate surface area is 214 Å². The van der Waals surface area contributed by atoms with E-state index in [1.807, 2.05) is 56.3 Å². The molecule has 1 aliphatic rings. The van der Waals surface area contributed by atoms with E-state index in [9.17, 15) is 14.4 Å². The Kier molecular flexibility index (Phi) is 6.20. The summed E-state index contributed by atoms with van der Waals surface area (Å²) < 4.78 is 1.67. The van der Waals surface area contributed by atoms with Crippen molar-refractivity contribution in [2.24, 2.45) is 7.05 Å². The number of aryl methyl sites for hydroxylation is 2. The fraction of sp³-hybridized carbons (Fsp3) is 0.250. The van der Waals surface area contributed by atoms with Crippen LogP contribution in [0.25, 0.3) is 22.3 Å². The minimum absolute atomic E-state index is 0.153. The Bertz CT molecular complexity index is 1530. The molecule has 2 aromatic heterocycles. The maximum atomic E-state index is 13.8. The molecule has 9 nitrogen and oxygen atoms in total. The molecule has 0 fully saturated rings. The highest BCUT2D eigenvalue weighted by Crippen LogP contribution is 2.32. The highest BCUT2D eigenvalue weighted by molar-refractivity contribution is 6.10. The molecule has 3 heterocycles. The molecule has 0 bridgehead atoms. The average molecular weight is 497 g/mol. The van der Waals surface area contributed by atoms with Crippen LogP contribution in [0.3, 0.4) is 0 Å². The van der Waals surface area contributed by atoms with Crippen molar-refractivity contribution in [3.63, 3.8) is 0 Å². The molecule has 1 atom stereocenters. The van der Waals surface area contributed by atoms with Crippen LogP contribution in [0.2, 0.25) is 0 Å². The lowest BCUT2D eigenvalue weighted by atomic mass is 10.0. The van der Waals surface area contributed by atoms with Gasteiger partial charge in [0.25, 0.3) is 5.91 Å². The minimum atomic E-state index is -0.363. The van der Waals surface area contributed by atoms with E-state index in [0.717, 1.165) is 5.56 Å². The number of carbonyl (C=O) groups is 3. The van der Waals surface area contributed by atoms with Crippen molar-refractivity contribution in [2.45, 2.75) is 26.3 Å². The van der Waals surface area contributed by atoms with Gasteiger partial charge in [-0.1, -0.05) is 42.5 Å². The zero-order valence-electron chi connectivity index (χ0n) is 21.2. The molecule has 0 saturated carbocycles. The number of fused-ring (bicyclic) bond motifs is 2. The number of nitrogens with zero attached hydrogens (tertiary/aromatic N) is 5. The lowest BCUT2D eigenvalue weighted by molar-refractivity contribution is -0.119. The third-order valence-corrected chi connectivity index (χ3v) is 6.62. The normalized spacial score (nSPS) is 15.2. The van der Waals surface area contributed by atoms with E-state index in [2.05, 4.69) is 10.4 Å². The molecule has 9 heteroatoms. The molecule has 37 heavy (non-hydrogen) atoms. The maximum absolute atomic E-state index is 13.8. The van der Waals surface area contributed by atoms with Gasteiger partial charge < -0.3 is 15.1 Å². The molecule has 0 radical (unpaired) electrons. The number of anilines is 2. The first-order valence-corrected chi connectivity index (χ1v) is 12.1. The number of aromatic nitrogens is 3. The molecule has 0 saturated heterocycles. The van der Waals surface area contributed by atoms with Crippen molar-refractivity contribution in [3.05, 3.63) is 71.9 Å². The quantitative estimate of drug-likeness (QED) is 0.464. The highest BCUT2D eigenvalue weighted by atomic mass is 16.2. The molecular formula is C28H28N6O3. The number of carbonyl (C=O) groups excluding carboxylic acids is 3. The Morgan fingerprint density at radius 2 is 1.81 bits per heavy atom. The summed E-state index contributed by atoms with van der Waals surface area (Å²) in [6.45, 7) is 3.52. The first-order chi connectivity index (χ1) is 17.7. The molecule has 0 spiro atoms. The van der Waals surface area contributed by atoms with E-state index < -0.39 is 0 Å². The molecule has 4 aromatic rings. The second kappa shape index (κ2) is 9.50. The van der Waals surface area contributed by atoms with Gasteiger partial charge >= 0.3 is 0 Å². The van der Waals surface area contributed by atoms with Crippen molar-refractivity contribution in [1.29, 1.82) is 0 Å². The second-order valence-electron chi connectivity index (χ2n) is 9.37. The number of hydrogen-bond donors (Lipinski definition) is 1. The van der Waals surface area contributed by atoms with Gasteiger partial charge in [-0.25, -0.2) is 4.98 Å². The fourth-order valence-corrected chi connectivity index (χ4v) is 4.89. The van der Waals surface area contributed by atoms with Gasteiger partial charge in [-0.3, -0.25) is 19.1 Å². The smallest absolute Gasteiger partial charge is 0.254 e. The van der Waals surface area contributed by atoms with Crippen LogP contribution in [0, 0.1) is 6.92 Å². The lowest BCUT2D eigenvalue weighted by Gasteiger charge is -2.30. The zero-order valence-corrected chi connectivity index (χ0v) is 21.2. The van der Waals surface area contributed by atoms with Crippen LogP contribution in [-0.4, -0.2) is 57.0 Å².